The SMILES string of the molecule is CC(c1oc(=O)c2ccccc2c1-c1ccccc1)n1nc(-c2cncc(CO)c2)c2c(N)ncnc21. The van der Waals surface area contributed by atoms with Crippen LogP contribution in [0.5, 0.6) is 0 Å². The maximum atomic E-state index is 13.1. The first kappa shape index (κ1) is 22.6. The van der Waals surface area contributed by atoms with Crippen molar-refractivity contribution in [2.45, 2.75) is 19.6 Å². The minimum Gasteiger partial charge on any atom is -0.424 e. The van der Waals surface area contributed by atoms with Crippen LogP contribution in [-0.2, 0) is 6.61 Å². The molecule has 0 amide bonds. The highest BCUT2D eigenvalue weighted by Gasteiger charge is 2.26. The van der Waals surface area contributed by atoms with Gasteiger partial charge in [-0.1, -0.05) is 48.5 Å². The fourth-order valence-corrected chi connectivity index (χ4v) is 4.70. The third-order valence-electron chi connectivity index (χ3n) is 6.44. The molecular weight excluding hydrogens is 468 g/mol. The summed E-state index contributed by atoms with van der Waals surface area (Å²) in [5.74, 6) is 0.710. The van der Waals surface area contributed by atoms with E-state index in [-0.39, 0.29) is 12.4 Å². The highest BCUT2D eigenvalue weighted by atomic mass is 16.4. The number of pyridine rings is 1. The van der Waals surface area contributed by atoms with Crippen molar-refractivity contribution in [3.05, 3.63) is 101 Å². The molecule has 0 bridgehead atoms. The van der Waals surface area contributed by atoms with E-state index in [9.17, 15) is 9.90 Å². The third kappa shape index (κ3) is 3.73. The number of aromatic nitrogens is 5. The van der Waals surface area contributed by atoms with E-state index in [1.165, 1.54) is 6.33 Å². The molecule has 1 unspecified atom stereocenters. The summed E-state index contributed by atoms with van der Waals surface area (Å²) in [5.41, 5.74) is 9.88. The van der Waals surface area contributed by atoms with Crippen molar-refractivity contribution < 1.29 is 9.52 Å². The van der Waals surface area contributed by atoms with Crippen molar-refractivity contribution in [2.24, 2.45) is 0 Å². The second-order valence-corrected chi connectivity index (χ2v) is 8.71. The lowest BCUT2D eigenvalue weighted by Gasteiger charge is -2.18. The Morgan fingerprint density at radius 3 is 2.54 bits per heavy atom. The van der Waals surface area contributed by atoms with Gasteiger partial charge >= 0.3 is 5.63 Å². The van der Waals surface area contributed by atoms with Gasteiger partial charge in [-0.25, -0.2) is 19.4 Å². The molecule has 2 aromatic carbocycles. The minimum absolute atomic E-state index is 0.162. The smallest absolute Gasteiger partial charge is 0.343 e. The summed E-state index contributed by atoms with van der Waals surface area (Å²) in [7, 11) is 0. The van der Waals surface area contributed by atoms with Gasteiger partial charge in [0, 0.05) is 28.9 Å². The number of aliphatic hydroxyl groups excluding tert-OH is 1. The molecule has 4 aromatic heterocycles. The number of nitrogens with two attached hydrogens (primary N) is 1. The van der Waals surface area contributed by atoms with Crippen LogP contribution in [-0.4, -0.2) is 29.8 Å². The number of nitrogens with zero attached hydrogens (tertiary/aromatic N) is 5. The summed E-state index contributed by atoms with van der Waals surface area (Å²) in [6.07, 6.45) is 4.61. The number of rotatable bonds is 5. The fraction of sp³-hybridized carbons (Fsp3) is 0.107. The van der Waals surface area contributed by atoms with Crippen LogP contribution in [0.3, 0.4) is 0 Å². The summed E-state index contributed by atoms with van der Waals surface area (Å²) < 4.78 is 7.67. The molecule has 0 aliphatic heterocycles. The van der Waals surface area contributed by atoms with Gasteiger partial charge in [0.2, 0.25) is 0 Å². The van der Waals surface area contributed by atoms with Gasteiger partial charge in [0.25, 0.3) is 0 Å². The Labute approximate surface area is 210 Å². The number of anilines is 1. The van der Waals surface area contributed by atoms with Crippen molar-refractivity contribution in [2.75, 3.05) is 5.73 Å². The van der Waals surface area contributed by atoms with Crippen molar-refractivity contribution in [3.8, 4) is 22.4 Å². The van der Waals surface area contributed by atoms with Gasteiger partial charge in [-0.2, -0.15) is 5.10 Å². The highest BCUT2D eigenvalue weighted by molar-refractivity contribution is 5.99. The number of benzene rings is 2. The molecule has 4 heterocycles. The van der Waals surface area contributed by atoms with Gasteiger partial charge in [-0.05, 0) is 30.2 Å². The topological polar surface area (TPSA) is 133 Å². The van der Waals surface area contributed by atoms with Gasteiger partial charge in [0.1, 0.15) is 29.6 Å². The Morgan fingerprint density at radius 1 is 1.00 bits per heavy atom. The molecule has 0 saturated carbocycles. The number of nitrogen functional groups attached to an aromatic ring is 1. The fourth-order valence-electron chi connectivity index (χ4n) is 4.70. The van der Waals surface area contributed by atoms with Crippen LogP contribution in [0.2, 0.25) is 0 Å². The van der Waals surface area contributed by atoms with Crippen LogP contribution < -0.4 is 11.4 Å². The Morgan fingerprint density at radius 2 is 1.76 bits per heavy atom. The third-order valence-corrected chi connectivity index (χ3v) is 6.44. The van der Waals surface area contributed by atoms with E-state index in [2.05, 4.69) is 15.0 Å². The summed E-state index contributed by atoms with van der Waals surface area (Å²) in [6, 6.07) is 18.5. The Balaban J connectivity index is 1.64. The summed E-state index contributed by atoms with van der Waals surface area (Å²) in [4.78, 5) is 25.9. The molecule has 37 heavy (non-hydrogen) atoms. The molecule has 9 heteroatoms. The van der Waals surface area contributed by atoms with E-state index < -0.39 is 11.7 Å². The lowest BCUT2D eigenvalue weighted by Crippen LogP contribution is -2.14. The largest absolute Gasteiger partial charge is 0.424 e. The van der Waals surface area contributed by atoms with E-state index in [0.717, 1.165) is 16.5 Å². The highest BCUT2D eigenvalue weighted by Crippen LogP contribution is 2.38. The molecule has 182 valence electrons. The van der Waals surface area contributed by atoms with Crippen molar-refractivity contribution in [1.82, 2.24) is 24.7 Å². The van der Waals surface area contributed by atoms with Crippen LogP contribution in [0.25, 0.3) is 44.2 Å². The number of hydrogen-bond donors (Lipinski definition) is 2. The molecule has 0 aliphatic rings. The standard InChI is InChI=1S/C28H22N6O3/c1-16(25-22(18-7-3-2-4-8-18)20-9-5-6-10-21(20)28(36)37-25)34-27-23(26(29)31-15-32-27)24(33-34)19-11-17(14-35)12-30-13-19/h2-13,15-16,35H,14H2,1H3,(H2,29,31,32). The molecule has 0 spiro atoms. The molecule has 0 aliphatic carbocycles. The molecule has 0 radical (unpaired) electrons. The van der Waals surface area contributed by atoms with E-state index >= 15 is 0 Å². The predicted molar refractivity (Wildman–Crippen MR) is 141 cm³/mol. The Hall–Kier alpha value is -4.89. The summed E-state index contributed by atoms with van der Waals surface area (Å²) >= 11 is 0. The van der Waals surface area contributed by atoms with Gasteiger partial charge in [0.05, 0.1) is 17.4 Å². The van der Waals surface area contributed by atoms with E-state index in [1.807, 2.05) is 55.5 Å². The van der Waals surface area contributed by atoms with Crippen LogP contribution in [0.4, 0.5) is 5.82 Å². The molecule has 9 nitrogen and oxygen atoms in total. The first-order valence-electron chi connectivity index (χ1n) is 11.7. The van der Waals surface area contributed by atoms with E-state index in [0.29, 0.717) is 39.0 Å². The predicted octanol–water partition coefficient (Wildman–Crippen LogP) is 4.35. The molecule has 6 aromatic rings. The van der Waals surface area contributed by atoms with Crippen molar-refractivity contribution in [1.29, 1.82) is 0 Å². The van der Waals surface area contributed by atoms with E-state index in [1.54, 1.807) is 29.2 Å². The minimum atomic E-state index is -0.535. The monoisotopic (exact) mass is 490 g/mol. The van der Waals surface area contributed by atoms with Gasteiger partial charge in [-0.3, -0.25) is 4.98 Å². The molecule has 0 fully saturated rings. The average Bonchev–Trinajstić information content (AvgIpc) is 3.34. The summed E-state index contributed by atoms with van der Waals surface area (Å²) in [6.45, 7) is 1.74. The van der Waals surface area contributed by atoms with Crippen LogP contribution in [0.1, 0.15) is 24.3 Å². The van der Waals surface area contributed by atoms with E-state index in [4.69, 9.17) is 15.2 Å². The van der Waals surface area contributed by atoms with Crippen LogP contribution in [0, 0.1) is 0 Å². The maximum absolute atomic E-state index is 13.1. The maximum Gasteiger partial charge on any atom is 0.343 e. The zero-order valence-electron chi connectivity index (χ0n) is 19.9. The van der Waals surface area contributed by atoms with Crippen LogP contribution in [0.15, 0.2) is 88.6 Å². The van der Waals surface area contributed by atoms with Gasteiger partial charge < -0.3 is 15.3 Å². The van der Waals surface area contributed by atoms with Gasteiger partial charge in [-0.15, -0.1) is 0 Å². The molecule has 3 N–H and O–H groups in total. The average molecular weight is 491 g/mol. The molecule has 6 rings (SSSR count). The molecular formula is C28H22N6O3. The molecule has 0 saturated heterocycles. The summed E-state index contributed by atoms with van der Waals surface area (Å²) in [5, 5.41) is 16.3. The van der Waals surface area contributed by atoms with Crippen LogP contribution >= 0.6 is 0 Å². The number of fused-ring (bicyclic) bond motifs is 2. The Bertz CT molecular complexity index is 1830. The van der Waals surface area contributed by atoms with Gasteiger partial charge in [0.15, 0.2) is 5.65 Å². The second kappa shape index (κ2) is 8.96. The zero-order chi connectivity index (χ0) is 25.5. The first-order chi connectivity index (χ1) is 18.1. The Kier molecular flexibility index (Phi) is 5.46. The molecule has 1 atom stereocenters. The number of aliphatic hydroxyl groups is 1. The lowest BCUT2D eigenvalue weighted by atomic mass is 9.96. The zero-order valence-corrected chi connectivity index (χ0v) is 19.9. The lowest BCUT2D eigenvalue weighted by molar-refractivity contribution is 0.281. The van der Waals surface area contributed by atoms with Crippen molar-refractivity contribution in [3.63, 3.8) is 0 Å². The van der Waals surface area contributed by atoms with Crippen molar-refractivity contribution >= 4 is 27.6 Å². The quantitative estimate of drug-likeness (QED) is 0.364. The normalized spacial score (nSPS) is 12.3. The first-order valence-corrected chi connectivity index (χ1v) is 11.7. The number of hydrogen-bond acceptors (Lipinski definition) is 8. The second-order valence-electron chi connectivity index (χ2n) is 8.71.